The summed E-state index contributed by atoms with van der Waals surface area (Å²) in [6.07, 6.45) is 3.76. The molecule has 1 unspecified atom stereocenters. The van der Waals surface area contributed by atoms with E-state index >= 15 is 0 Å². The molecular weight excluding hydrogens is 248 g/mol. The van der Waals surface area contributed by atoms with E-state index in [1.54, 1.807) is 0 Å². The first-order chi connectivity index (χ1) is 8.33. The number of hydrogen-bond acceptors (Lipinski definition) is 4. The summed E-state index contributed by atoms with van der Waals surface area (Å²) >= 11 is 3.39. The van der Waals surface area contributed by atoms with E-state index in [0.717, 1.165) is 10.2 Å². The van der Waals surface area contributed by atoms with E-state index in [1.807, 2.05) is 18.7 Å². The molecule has 0 saturated carbocycles. The molecule has 1 aliphatic carbocycles. The number of nitrogens with zero attached hydrogens (tertiary/aromatic N) is 2. The van der Waals surface area contributed by atoms with Crippen LogP contribution in [0, 0.1) is 6.92 Å². The molecule has 3 rings (SSSR count). The van der Waals surface area contributed by atoms with Gasteiger partial charge < -0.3 is 0 Å². The molecule has 0 bridgehead atoms. The Labute approximate surface area is 110 Å². The molecule has 1 heterocycles. The summed E-state index contributed by atoms with van der Waals surface area (Å²) in [4.78, 5) is 4.45. The third-order valence-corrected chi connectivity index (χ3v) is 5.25. The Kier molecular flexibility index (Phi) is 3.16. The van der Waals surface area contributed by atoms with Gasteiger partial charge in [0.05, 0.1) is 0 Å². The summed E-state index contributed by atoms with van der Waals surface area (Å²) in [6.45, 7) is 1.95. The van der Waals surface area contributed by atoms with Crippen molar-refractivity contribution >= 4 is 23.3 Å². The highest BCUT2D eigenvalue weighted by atomic mass is 32.2. The second-order valence-corrected chi connectivity index (χ2v) is 6.51. The number of hydrogen-bond donors (Lipinski definition) is 0. The van der Waals surface area contributed by atoms with Crippen molar-refractivity contribution in [2.45, 2.75) is 35.8 Å². The molecule has 0 N–H and O–H groups in total. The number of thioether (sulfide) groups is 1. The smallest absolute Gasteiger partial charge is 0.170 e. The van der Waals surface area contributed by atoms with Crippen LogP contribution >= 0.6 is 23.3 Å². The van der Waals surface area contributed by atoms with Crippen molar-refractivity contribution in [3.8, 4) is 0 Å². The summed E-state index contributed by atoms with van der Waals surface area (Å²) in [5.41, 5.74) is 3.01. The first-order valence-corrected chi connectivity index (χ1v) is 7.53. The van der Waals surface area contributed by atoms with Crippen LogP contribution in [0.5, 0.6) is 0 Å². The predicted molar refractivity (Wildman–Crippen MR) is 72.6 cm³/mol. The van der Waals surface area contributed by atoms with Crippen LogP contribution in [0.15, 0.2) is 28.6 Å². The zero-order chi connectivity index (χ0) is 11.7. The van der Waals surface area contributed by atoms with Crippen LogP contribution in [0.1, 0.15) is 35.0 Å². The molecule has 2 aromatic rings. The van der Waals surface area contributed by atoms with Gasteiger partial charge in [-0.05, 0) is 48.8 Å². The number of benzene rings is 1. The SMILES string of the molecule is Cc1nsc(SC2CCCc3ccccc32)n1. The maximum Gasteiger partial charge on any atom is 0.170 e. The van der Waals surface area contributed by atoms with Crippen LogP contribution in [0.2, 0.25) is 0 Å². The molecule has 17 heavy (non-hydrogen) atoms. The summed E-state index contributed by atoms with van der Waals surface area (Å²) in [7, 11) is 0. The van der Waals surface area contributed by atoms with Gasteiger partial charge in [-0.1, -0.05) is 36.0 Å². The standard InChI is InChI=1S/C13H14N2S2/c1-9-14-13(17-15-9)16-12-8-4-6-10-5-2-3-7-11(10)12/h2-3,5,7,12H,4,6,8H2,1H3. The Bertz CT molecular complexity index is 522. The van der Waals surface area contributed by atoms with Gasteiger partial charge in [-0.15, -0.1) is 0 Å². The first kappa shape index (κ1) is 11.2. The van der Waals surface area contributed by atoms with Gasteiger partial charge in [0, 0.05) is 5.25 Å². The molecule has 1 aromatic heterocycles. The summed E-state index contributed by atoms with van der Waals surface area (Å²) in [5, 5.41) is 0.562. The van der Waals surface area contributed by atoms with Crippen molar-refractivity contribution in [1.82, 2.24) is 9.36 Å². The van der Waals surface area contributed by atoms with Crippen molar-refractivity contribution in [3.63, 3.8) is 0 Å². The van der Waals surface area contributed by atoms with Crippen LogP contribution in [0.4, 0.5) is 0 Å². The highest BCUT2D eigenvalue weighted by Crippen LogP contribution is 2.43. The van der Waals surface area contributed by atoms with Crippen molar-refractivity contribution < 1.29 is 0 Å². The van der Waals surface area contributed by atoms with E-state index in [9.17, 15) is 0 Å². The van der Waals surface area contributed by atoms with Crippen LogP contribution in [0.25, 0.3) is 0 Å². The van der Waals surface area contributed by atoms with Gasteiger partial charge in [-0.25, -0.2) is 4.98 Å². The van der Waals surface area contributed by atoms with Gasteiger partial charge in [0.2, 0.25) is 0 Å². The van der Waals surface area contributed by atoms with Gasteiger partial charge >= 0.3 is 0 Å². The highest BCUT2D eigenvalue weighted by molar-refractivity contribution is 8.01. The summed E-state index contributed by atoms with van der Waals surface area (Å²) in [6, 6.07) is 8.80. The maximum atomic E-state index is 4.45. The van der Waals surface area contributed by atoms with Gasteiger partial charge in [0.1, 0.15) is 5.82 Å². The topological polar surface area (TPSA) is 25.8 Å². The number of aryl methyl sites for hydroxylation is 2. The minimum Gasteiger partial charge on any atom is -0.213 e. The maximum absolute atomic E-state index is 4.45. The average Bonchev–Trinajstić information content (AvgIpc) is 2.75. The molecule has 4 heteroatoms. The molecule has 0 saturated heterocycles. The lowest BCUT2D eigenvalue weighted by Crippen LogP contribution is -2.06. The monoisotopic (exact) mass is 262 g/mol. The lowest BCUT2D eigenvalue weighted by atomic mass is 9.91. The molecule has 1 atom stereocenters. The zero-order valence-corrected chi connectivity index (χ0v) is 11.4. The van der Waals surface area contributed by atoms with Crippen molar-refractivity contribution in [3.05, 3.63) is 41.2 Å². The van der Waals surface area contributed by atoms with Crippen LogP contribution in [0.3, 0.4) is 0 Å². The van der Waals surface area contributed by atoms with Crippen LogP contribution in [-0.2, 0) is 6.42 Å². The predicted octanol–water partition coefficient (Wildman–Crippen LogP) is 4.02. The van der Waals surface area contributed by atoms with Crippen molar-refractivity contribution in [1.29, 1.82) is 0 Å². The largest absolute Gasteiger partial charge is 0.213 e. The van der Waals surface area contributed by atoms with Crippen molar-refractivity contribution in [2.24, 2.45) is 0 Å². The number of rotatable bonds is 2. The Morgan fingerprint density at radius 3 is 3.06 bits per heavy atom. The highest BCUT2D eigenvalue weighted by Gasteiger charge is 2.21. The first-order valence-electron chi connectivity index (χ1n) is 5.88. The summed E-state index contributed by atoms with van der Waals surface area (Å²) in [5.74, 6) is 0.890. The Morgan fingerprint density at radius 1 is 1.35 bits per heavy atom. The molecule has 0 spiro atoms. The van der Waals surface area contributed by atoms with Gasteiger partial charge in [0.15, 0.2) is 4.34 Å². The molecule has 1 aromatic carbocycles. The Hall–Kier alpha value is -0.870. The second kappa shape index (κ2) is 4.78. The van der Waals surface area contributed by atoms with Crippen LogP contribution in [-0.4, -0.2) is 9.36 Å². The Morgan fingerprint density at radius 2 is 2.24 bits per heavy atom. The molecule has 2 nitrogen and oxygen atoms in total. The average molecular weight is 262 g/mol. The molecule has 88 valence electrons. The zero-order valence-electron chi connectivity index (χ0n) is 9.72. The molecule has 0 aliphatic heterocycles. The minimum atomic E-state index is 0.562. The van der Waals surface area contributed by atoms with Crippen LogP contribution < -0.4 is 0 Å². The van der Waals surface area contributed by atoms with E-state index in [0.29, 0.717) is 5.25 Å². The molecule has 0 amide bonds. The molecule has 1 aliphatic rings. The molecular formula is C13H14N2S2. The van der Waals surface area contributed by atoms with Crippen molar-refractivity contribution in [2.75, 3.05) is 0 Å². The van der Waals surface area contributed by atoms with Gasteiger partial charge in [0.25, 0.3) is 0 Å². The van der Waals surface area contributed by atoms with Gasteiger partial charge in [-0.3, -0.25) is 0 Å². The van der Waals surface area contributed by atoms with E-state index in [1.165, 1.54) is 41.9 Å². The lowest BCUT2D eigenvalue weighted by molar-refractivity contribution is 0.673. The molecule has 0 fully saturated rings. The fourth-order valence-electron chi connectivity index (χ4n) is 2.28. The fraction of sp³-hybridized carbons (Fsp3) is 0.385. The van der Waals surface area contributed by atoms with E-state index < -0.39 is 0 Å². The number of fused-ring (bicyclic) bond motifs is 1. The third kappa shape index (κ3) is 2.38. The second-order valence-electron chi connectivity index (χ2n) is 4.31. The molecule has 0 radical (unpaired) electrons. The lowest BCUT2D eigenvalue weighted by Gasteiger charge is -2.23. The number of aromatic nitrogens is 2. The quantitative estimate of drug-likeness (QED) is 0.817. The van der Waals surface area contributed by atoms with E-state index in [-0.39, 0.29) is 0 Å². The normalized spacial score (nSPS) is 19.0. The summed E-state index contributed by atoms with van der Waals surface area (Å²) < 4.78 is 5.35. The van der Waals surface area contributed by atoms with Gasteiger partial charge in [-0.2, -0.15) is 4.37 Å². The Balaban J connectivity index is 1.85. The fourth-order valence-corrected chi connectivity index (χ4v) is 4.41. The van der Waals surface area contributed by atoms with E-state index in [2.05, 4.69) is 33.6 Å². The third-order valence-electron chi connectivity index (χ3n) is 3.07. The minimum absolute atomic E-state index is 0.562. The van der Waals surface area contributed by atoms with E-state index in [4.69, 9.17) is 0 Å².